The second kappa shape index (κ2) is 14.0. The van der Waals surface area contributed by atoms with E-state index in [9.17, 15) is 9.59 Å². The van der Waals surface area contributed by atoms with Crippen LogP contribution in [0.25, 0.3) is 0 Å². The van der Waals surface area contributed by atoms with Gasteiger partial charge in [-0.2, -0.15) is 5.10 Å². The zero-order chi connectivity index (χ0) is 27.6. The van der Waals surface area contributed by atoms with Crippen molar-refractivity contribution in [1.29, 1.82) is 0 Å². The highest BCUT2D eigenvalue weighted by Gasteiger charge is 2.36. The summed E-state index contributed by atoms with van der Waals surface area (Å²) in [5.41, 5.74) is 2.52. The quantitative estimate of drug-likeness (QED) is 0.473. The summed E-state index contributed by atoms with van der Waals surface area (Å²) in [4.78, 5) is 30.8. The zero-order valence-corrected chi connectivity index (χ0v) is 23.1. The van der Waals surface area contributed by atoms with Crippen molar-refractivity contribution in [2.24, 2.45) is 5.10 Å². The molecule has 10 heteroatoms. The molecule has 0 aromatic heterocycles. The molecule has 1 fully saturated rings. The molecule has 0 radical (unpaired) electrons. The Morgan fingerprint density at radius 1 is 1.10 bits per heavy atom. The number of para-hydroxylation sites is 1. The minimum absolute atomic E-state index is 0.0829. The summed E-state index contributed by atoms with van der Waals surface area (Å²) in [7, 11) is 3.24. The van der Waals surface area contributed by atoms with Gasteiger partial charge in [0.05, 0.1) is 39.2 Å². The molecular formula is C29H39N5O5. The fraction of sp³-hybridized carbons (Fsp3) is 0.483. The van der Waals surface area contributed by atoms with Gasteiger partial charge in [0.1, 0.15) is 18.0 Å². The molecule has 39 heavy (non-hydrogen) atoms. The molecule has 2 heterocycles. The number of amides is 3. The van der Waals surface area contributed by atoms with Crippen LogP contribution >= 0.6 is 0 Å². The van der Waals surface area contributed by atoms with Gasteiger partial charge in [0.15, 0.2) is 0 Å². The molecule has 0 spiro atoms. The van der Waals surface area contributed by atoms with E-state index in [1.165, 1.54) is 5.01 Å². The first-order valence-corrected chi connectivity index (χ1v) is 13.5. The van der Waals surface area contributed by atoms with Crippen LogP contribution in [-0.2, 0) is 9.53 Å². The van der Waals surface area contributed by atoms with Crippen LogP contribution in [0.4, 0.5) is 4.79 Å². The normalized spacial score (nSPS) is 17.5. The van der Waals surface area contributed by atoms with Crippen molar-refractivity contribution in [3.8, 4) is 11.5 Å². The van der Waals surface area contributed by atoms with Crippen LogP contribution in [0.5, 0.6) is 11.5 Å². The van der Waals surface area contributed by atoms with Gasteiger partial charge in [0, 0.05) is 50.3 Å². The van der Waals surface area contributed by atoms with Crippen LogP contribution < -0.4 is 14.8 Å². The van der Waals surface area contributed by atoms with E-state index in [0.29, 0.717) is 45.0 Å². The number of nitrogens with zero attached hydrogens (tertiary/aromatic N) is 4. The van der Waals surface area contributed by atoms with Crippen molar-refractivity contribution in [3.63, 3.8) is 0 Å². The molecule has 2 aromatic carbocycles. The zero-order valence-electron chi connectivity index (χ0n) is 23.1. The molecule has 0 unspecified atom stereocenters. The van der Waals surface area contributed by atoms with E-state index in [4.69, 9.17) is 19.3 Å². The lowest BCUT2D eigenvalue weighted by molar-refractivity contribution is -0.133. The molecule has 1 saturated heterocycles. The third kappa shape index (κ3) is 7.27. The number of carbonyl (C=O) groups excluding carboxylic acids is 2. The molecule has 2 aliphatic heterocycles. The molecule has 210 valence electrons. The van der Waals surface area contributed by atoms with E-state index in [1.54, 1.807) is 19.1 Å². The summed E-state index contributed by atoms with van der Waals surface area (Å²) in [6.07, 6.45) is 1.32. The van der Waals surface area contributed by atoms with Gasteiger partial charge >= 0.3 is 6.03 Å². The Kier molecular flexibility index (Phi) is 10.2. The van der Waals surface area contributed by atoms with Gasteiger partial charge in [0.2, 0.25) is 0 Å². The van der Waals surface area contributed by atoms with Crippen LogP contribution in [0.2, 0.25) is 0 Å². The first-order chi connectivity index (χ1) is 19.0. The molecule has 0 bridgehead atoms. The fourth-order valence-electron chi connectivity index (χ4n) is 4.82. The predicted molar refractivity (Wildman–Crippen MR) is 149 cm³/mol. The smallest absolute Gasteiger partial charge is 0.317 e. The van der Waals surface area contributed by atoms with Gasteiger partial charge in [-0.15, -0.1) is 0 Å². The lowest BCUT2D eigenvalue weighted by atomic mass is 9.97. The molecule has 10 nitrogen and oxygen atoms in total. The largest absolute Gasteiger partial charge is 0.497 e. The van der Waals surface area contributed by atoms with E-state index < -0.39 is 0 Å². The van der Waals surface area contributed by atoms with Gasteiger partial charge in [-0.1, -0.05) is 37.3 Å². The first kappa shape index (κ1) is 28.4. The Hall–Kier alpha value is -3.63. The number of rotatable bonds is 11. The predicted octanol–water partition coefficient (Wildman–Crippen LogP) is 3.14. The number of hydrogen-bond donors (Lipinski definition) is 1. The summed E-state index contributed by atoms with van der Waals surface area (Å²) in [5, 5.41) is 9.24. The number of benzene rings is 2. The molecule has 2 aliphatic rings. The topological polar surface area (TPSA) is 95.9 Å². The molecule has 0 saturated carbocycles. The average Bonchev–Trinajstić information content (AvgIpc) is 3.44. The van der Waals surface area contributed by atoms with Gasteiger partial charge in [-0.05, 0) is 24.6 Å². The summed E-state index contributed by atoms with van der Waals surface area (Å²) in [5.74, 6) is 1.15. The SMILES string of the molecule is CCCNC(=O)N(CCN1CCOCC1)CC(=O)N1N=C(c2cccc(OC)c2)C[C@H]1c1ccccc1OC. The molecule has 3 amide bonds. The van der Waals surface area contributed by atoms with Crippen LogP contribution in [0.15, 0.2) is 53.6 Å². The number of morpholine rings is 1. The van der Waals surface area contributed by atoms with E-state index in [1.807, 2.05) is 55.5 Å². The van der Waals surface area contributed by atoms with Crippen molar-refractivity contribution in [3.05, 3.63) is 59.7 Å². The van der Waals surface area contributed by atoms with E-state index in [0.717, 1.165) is 42.1 Å². The number of methoxy groups -OCH3 is 2. The highest BCUT2D eigenvalue weighted by atomic mass is 16.5. The molecule has 1 atom stereocenters. The highest BCUT2D eigenvalue weighted by Crippen LogP contribution is 2.37. The lowest BCUT2D eigenvalue weighted by Crippen LogP contribution is -2.49. The minimum Gasteiger partial charge on any atom is -0.497 e. The second-order valence-electron chi connectivity index (χ2n) is 9.59. The summed E-state index contributed by atoms with van der Waals surface area (Å²) < 4.78 is 16.5. The molecular weight excluding hydrogens is 498 g/mol. The summed E-state index contributed by atoms with van der Waals surface area (Å²) >= 11 is 0. The van der Waals surface area contributed by atoms with E-state index in [-0.39, 0.29) is 24.5 Å². The van der Waals surface area contributed by atoms with Crippen molar-refractivity contribution in [1.82, 2.24) is 20.1 Å². The molecule has 2 aromatic rings. The number of ether oxygens (including phenoxy) is 3. The van der Waals surface area contributed by atoms with Crippen LogP contribution in [0.3, 0.4) is 0 Å². The van der Waals surface area contributed by atoms with Crippen LogP contribution in [0, 0.1) is 0 Å². The third-order valence-electron chi connectivity index (χ3n) is 7.00. The summed E-state index contributed by atoms with van der Waals surface area (Å²) in [6.45, 7) is 6.55. The van der Waals surface area contributed by atoms with E-state index in [2.05, 4.69) is 10.2 Å². The Morgan fingerprint density at radius 3 is 2.64 bits per heavy atom. The third-order valence-corrected chi connectivity index (χ3v) is 7.00. The first-order valence-electron chi connectivity index (χ1n) is 13.5. The van der Waals surface area contributed by atoms with Gasteiger partial charge in [0.25, 0.3) is 5.91 Å². The van der Waals surface area contributed by atoms with Crippen LogP contribution in [0.1, 0.15) is 36.9 Å². The summed E-state index contributed by atoms with van der Waals surface area (Å²) in [6, 6.07) is 14.7. The average molecular weight is 538 g/mol. The Bertz CT molecular complexity index is 1150. The lowest BCUT2D eigenvalue weighted by Gasteiger charge is -2.31. The number of hydrazone groups is 1. The molecule has 0 aliphatic carbocycles. The van der Waals surface area contributed by atoms with Crippen molar-refractivity contribution >= 4 is 17.6 Å². The Balaban J connectivity index is 1.59. The van der Waals surface area contributed by atoms with Gasteiger partial charge in [-0.25, -0.2) is 9.80 Å². The molecule has 1 N–H and O–H groups in total. The van der Waals surface area contributed by atoms with Crippen molar-refractivity contribution in [2.45, 2.75) is 25.8 Å². The Labute approximate surface area is 230 Å². The van der Waals surface area contributed by atoms with Crippen molar-refractivity contribution in [2.75, 3.05) is 66.7 Å². The maximum absolute atomic E-state index is 13.9. The maximum atomic E-state index is 13.9. The number of hydrogen-bond acceptors (Lipinski definition) is 7. The number of urea groups is 1. The minimum atomic E-state index is -0.366. The van der Waals surface area contributed by atoms with E-state index >= 15 is 0 Å². The van der Waals surface area contributed by atoms with Crippen LogP contribution in [-0.4, -0.2) is 99.2 Å². The van der Waals surface area contributed by atoms with Gasteiger partial charge < -0.3 is 24.4 Å². The standard InChI is InChI=1S/C29H39N5O5/c1-4-12-30-29(36)33(14-13-32-15-17-39-18-16-32)21-28(35)34-26(24-10-5-6-11-27(24)38-3)20-25(31-34)22-8-7-9-23(19-22)37-2/h5-11,19,26H,4,12-18,20-21H2,1-3H3,(H,30,36)/t26-/m0/s1. The highest BCUT2D eigenvalue weighted by molar-refractivity contribution is 6.03. The second-order valence-corrected chi connectivity index (χ2v) is 9.59. The number of carbonyl (C=O) groups is 2. The molecule has 4 rings (SSSR count). The monoisotopic (exact) mass is 537 g/mol. The number of nitrogens with one attached hydrogen (secondary N) is 1. The van der Waals surface area contributed by atoms with Gasteiger partial charge in [-0.3, -0.25) is 9.69 Å². The maximum Gasteiger partial charge on any atom is 0.317 e. The fourth-order valence-corrected chi connectivity index (χ4v) is 4.82. The Morgan fingerprint density at radius 2 is 1.90 bits per heavy atom. The van der Waals surface area contributed by atoms with Crippen molar-refractivity contribution < 1.29 is 23.8 Å².